The lowest BCUT2D eigenvalue weighted by atomic mass is 9.78. The summed E-state index contributed by atoms with van der Waals surface area (Å²) in [5.41, 5.74) is -0.433. The fourth-order valence-electron chi connectivity index (χ4n) is 3.30. The van der Waals surface area contributed by atoms with E-state index in [0.717, 1.165) is 20.1 Å². The molecule has 0 spiro atoms. The molecule has 0 saturated heterocycles. The lowest BCUT2D eigenvalue weighted by Crippen LogP contribution is -2.34. The molecule has 0 bridgehead atoms. The van der Waals surface area contributed by atoms with E-state index in [1.165, 1.54) is 19.1 Å². The molecule has 0 aliphatic carbocycles. The van der Waals surface area contributed by atoms with E-state index in [2.05, 4.69) is 5.32 Å². The Bertz CT molecular complexity index is 873. The zero-order chi connectivity index (χ0) is 21.0. The van der Waals surface area contributed by atoms with E-state index in [4.69, 9.17) is 9.47 Å². The monoisotopic (exact) mass is 393 g/mol. The van der Waals surface area contributed by atoms with Crippen molar-refractivity contribution in [1.82, 2.24) is 5.32 Å². The van der Waals surface area contributed by atoms with E-state index in [1.54, 1.807) is 6.92 Å². The number of hydrogen-bond acceptors (Lipinski definition) is 6. The quantitative estimate of drug-likeness (QED) is 0.591. The third-order valence-electron chi connectivity index (χ3n) is 4.41. The van der Waals surface area contributed by atoms with Crippen LogP contribution in [0.15, 0.2) is 40.7 Å². The van der Waals surface area contributed by atoms with Gasteiger partial charge in [0.25, 0.3) is 0 Å². The van der Waals surface area contributed by atoms with Crippen LogP contribution in [0.2, 0.25) is 0 Å². The van der Waals surface area contributed by atoms with Crippen molar-refractivity contribution in [2.45, 2.75) is 32.9 Å². The Labute approximate surface area is 161 Å². The number of methoxy groups -OCH3 is 1. The highest BCUT2D eigenvalue weighted by atomic mass is 19.1. The summed E-state index contributed by atoms with van der Waals surface area (Å²) in [5, 5.41) is 2.69. The van der Waals surface area contributed by atoms with Crippen LogP contribution in [0.25, 0.3) is 0 Å². The molecule has 1 N–H and O–H groups in total. The highest BCUT2D eigenvalue weighted by Gasteiger charge is 2.40. The maximum atomic E-state index is 14.4. The Morgan fingerprint density at radius 1 is 1.29 bits per heavy atom. The number of ether oxygens (including phenoxy) is 2. The summed E-state index contributed by atoms with van der Waals surface area (Å²) in [7, 11) is 1.11. The van der Waals surface area contributed by atoms with E-state index in [-0.39, 0.29) is 40.3 Å². The van der Waals surface area contributed by atoms with Gasteiger partial charge in [0.2, 0.25) is 0 Å². The second-order valence-electron chi connectivity index (χ2n) is 6.11. The Hall–Kier alpha value is -3.03. The van der Waals surface area contributed by atoms with Crippen LogP contribution < -0.4 is 5.32 Å². The lowest BCUT2D eigenvalue weighted by molar-refractivity contribution is -0.139. The number of aldehydes is 1. The summed E-state index contributed by atoms with van der Waals surface area (Å²) in [6.45, 7) is 4.31. The number of benzene rings is 1. The number of carbonyl (C=O) groups is 3. The van der Waals surface area contributed by atoms with Crippen LogP contribution in [0, 0.1) is 5.82 Å². The number of esters is 2. The normalized spacial score (nSPS) is 17.7. The molecule has 1 aliphatic heterocycles. The summed E-state index contributed by atoms with van der Waals surface area (Å²) in [6, 6.07) is 3.83. The van der Waals surface area contributed by atoms with Gasteiger partial charge in [-0.1, -0.05) is 12.1 Å². The summed E-state index contributed by atoms with van der Waals surface area (Å²) in [5.74, 6) is -3.75. The summed E-state index contributed by atoms with van der Waals surface area (Å²) < 4.78 is 38.6. The molecule has 2 unspecified atom stereocenters. The first-order chi connectivity index (χ1) is 13.3. The third-order valence-corrected chi connectivity index (χ3v) is 4.41. The molecule has 2 atom stereocenters. The molecule has 0 saturated carbocycles. The molecule has 1 aliphatic rings. The van der Waals surface area contributed by atoms with Gasteiger partial charge in [0.1, 0.15) is 12.0 Å². The number of nitrogens with one attached hydrogen (secondary N) is 1. The van der Waals surface area contributed by atoms with Gasteiger partial charge in [-0.05, 0) is 32.4 Å². The van der Waals surface area contributed by atoms with Crippen molar-refractivity contribution in [3.8, 4) is 0 Å². The predicted octanol–water partition coefficient (Wildman–Crippen LogP) is 3.01. The SMILES string of the molecule is CCOC(=O)C1=C(C)NC(C=O)=C(C(=O)OC)C1c1cccc(F)c1C(C)F. The minimum Gasteiger partial charge on any atom is -0.466 e. The largest absolute Gasteiger partial charge is 0.466 e. The summed E-state index contributed by atoms with van der Waals surface area (Å²) in [4.78, 5) is 36.7. The average Bonchev–Trinajstić information content (AvgIpc) is 2.65. The van der Waals surface area contributed by atoms with Crippen molar-refractivity contribution < 1.29 is 32.6 Å². The molecule has 1 aromatic rings. The molecule has 28 heavy (non-hydrogen) atoms. The van der Waals surface area contributed by atoms with Gasteiger partial charge in [-0.25, -0.2) is 18.4 Å². The van der Waals surface area contributed by atoms with Gasteiger partial charge in [0, 0.05) is 11.3 Å². The fourth-order valence-corrected chi connectivity index (χ4v) is 3.30. The number of carbonyl (C=O) groups excluding carboxylic acids is 3. The highest BCUT2D eigenvalue weighted by Crippen LogP contribution is 2.42. The van der Waals surface area contributed by atoms with Gasteiger partial charge in [-0.3, -0.25) is 4.79 Å². The maximum absolute atomic E-state index is 14.4. The molecule has 0 radical (unpaired) electrons. The third kappa shape index (κ3) is 3.81. The van der Waals surface area contributed by atoms with Gasteiger partial charge < -0.3 is 14.8 Å². The first kappa shape index (κ1) is 21.3. The second-order valence-corrected chi connectivity index (χ2v) is 6.11. The van der Waals surface area contributed by atoms with E-state index in [1.807, 2.05) is 0 Å². The number of alkyl halides is 1. The Balaban J connectivity index is 2.87. The molecule has 0 fully saturated rings. The lowest BCUT2D eigenvalue weighted by Gasteiger charge is -2.31. The van der Waals surface area contributed by atoms with Crippen LogP contribution >= 0.6 is 0 Å². The van der Waals surface area contributed by atoms with Crippen molar-refractivity contribution in [2.24, 2.45) is 0 Å². The minimum atomic E-state index is -1.73. The van der Waals surface area contributed by atoms with Gasteiger partial charge in [-0.15, -0.1) is 0 Å². The number of rotatable bonds is 6. The van der Waals surface area contributed by atoms with Gasteiger partial charge in [-0.2, -0.15) is 0 Å². The average molecular weight is 393 g/mol. The van der Waals surface area contributed by atoms with Crippen molar-refractivity contribution in [1.29, 1.82) is 0 Å². The van der Waals surface area contributed by atoms with Gasteiger partial charge >= 0.3 is 11.9 Å². The van der Waals surface area contributed by atoms with Crippen LogP contribution in [0.1, 0.15) is 44.0 Å². The van der Waals surface area contributed by atoms with E-state index in [9.17, 15) is 23.2 Å². The van der Waals surface area contributed by atoms with Gasteiger partial charge in [0.05, 0.1) is 36.5 Å². The number of dihydropyridines is 1. The van der Waals surface area contributed by atoms with Crippen LogP contribution in [0.3, 0.4) is 0 Å². The Morgan fingerprint density at radius 2 is 1.96 bits per heavy atom. The summed E-state index contributed by atoms with van der Waals surface area (Å²) >= 11 is 0. The molecule has 0 aromatic heterocycles. The molecule has 2 rings (SSSR count). The Morgan fingerprint density at radius 3 is 2.50 bits per heavy atom. The van der Waals surface area contributed by atoms with Crippen molar-refractivity contribution >= 4 is 18.2 Å². The zero-order valence-electron chi connectivity index (χ0n) is 16.0. The first-order valence-electron chi connectivity index (χ1n) is 8.63. The number of allylic oxidation sites excluding steroid dienone is 2. The Kier molecular flexibility index (Phi) is 6.66. The van der Waals surface area contributed by atoms with E-state index < -0.39 is 29.8 Å². The molecule has 1 aromatic carbocycles. The molecule has 150 valence electrons. The zero-order valence-corrected chi connectivity index (χ0v) is 16.0. The fraction of sp³-hybridized carbons (Fsp3) is 0.350. The van der Waals surface area contributed by atoms with Crippen LogP contribution in [0.4, 0.5) is 8.78 Å². The van der Waals surface area contributed by atoms with Crippen molar-refractivity contribution in [3.63, 3.8) is 0 Å². The van der Waals surface area contributed by atoms with E-state index >= 15 is 0 Å². The number of hydrogen-bond donors (Lipinski definition) is 1. The molecular weight excluding hydrogens is 372 g/mol. The van der Waals surface area contributed by atoms with Crippen LogP contribution in [-0.4, -0.2) is 31.9 Å². The second kappa shape index (κ2) is 8.77. The van der Waals surface area contributed by atoms with Gasteiger partial charge in [0.15, 0.2) is 6.29 Å². The van der Waals surface area contributed by atoms with Crippen LogP contribution in [-0.2, 0) is 23.9 Å². The topological polar surface area (TPSA) is 81.7 Å². The maximum Gasteiger partial charge on any atom is 0.336 e. The molecule has 8 heteroatoms. The standard InChI is InChI=1S/C20H21F2NO5/c1-5-28-20(26)16-11(3)23-14(9-24)18(19(25)27-4)17(16)12-7-6-8-13(22)15(12)10(2)21/h6-10,17,23H,5H2,1-4H3. The highest BCUT2D eigenvalue weighted by molar-refractivity contribution is 6.03. The predicted molar refractivity (Wildman–Crippen MR) is 96.2 cm³/mol. The molecule has 0 amide bonds. The molecule has 6 nitrogen and oxygen atoms in total. The molecule has 1 heterocycles. The van der Waals surface area contributed by atoms with Crippen LogP contribution in [0.5, 0.6) is 0 Å². The summed E-state index contributed by atoms with van der Waals surface area (Å²) in [6.07, 6.45) is -1.34. The van der Waals surface area contributed by atoms with E-state index in [0.29, 0.717) is 6.29 Å². The molecular formula is C20H21F2NO5. The minimum absolute atomic E-state index is 0.0275. The van der Waals surface area contributed by atoms with Crippen molar-refractivity contribution in [2.75, 3.05) is 13.7 Å². The smallest absolute Gasteiger partial charge is 0.336 e. The first-order valence-corrected chi connectivity index (χ1v) is 8.63. The van der Waals surface area contributed by atoms with Crippen molar-refractivity contribution in [3.05, 3.63) is 57.7 Å². The number of halogens is 2.